The number of ether oxygens (including phenoxy) is 1. The molecular formula is C13H22N2O. The van der Waals surface area contributed by atoms with Crippen LogP contribution in [0.15, 0.2) is 30.3 Å². The molecule has 0 spiro atoms. The Bertz CT molecular complexity index is 277. The molecule has 0 aromatic heterocycles. The van der Waals surface area contributed by atoms with Crippen molar-refractivity contribution in [3.05, 3.63) is 35.9 Å². The van der Waals surface area contributed by atoms with Gasteiger partial charge in [-0.3, -0.25) is 0 Å². The molecule has 0 aliphatic rings. The third-order valence-electron chi connectivity index (χ3n) is 2.52. The van der Waals surface area contributed by atoms with Crippen molar-refractivity contribution in [3.63, 3.8) is 0 Å². The summed E-state index contributed by atoms with van der Waals surface area (Å²) in [6.07, 6.45) is 0.922. The molecule has 0 aliphatic carbocycles. The lowest BCUT2D eigenvalue weighted by Gasteiger charge is -2.15. The van der Waals surface area contributed by atoms with Gasteiger partial charge in [0.25, 0.3) is 0 Å². The minimum absolute atomic E-state index is 0.0929. The fourth-order valence-electron chi connectivity index (χ4n) is 1.63. The van der Waals surface area contributed by atoms with Crippen molar-refractivity contribution >= 4 is 0 Å². The molecule has 0 saturated heterocycles. The van der Waals surface area contributed by atoms with Gasteiger partial charge >= 0.3 is 0 Å². The van der Waals surface area contributed by atoms with Crippen LogP contribution in [0.4, 0.5) is 0 Å². The number of rotatable bonds is 7. The fraction of sp³-hybridized carbons (Fsp3) is 0.538. The lowest BCUT2D eigenvalue weighted by molar-refractivity contribution is 0.0876. The standard InChI is InChI=1S/C13H22N2O/c1-11(7-13(15)8-14)9-16-10-12-5-3-2-4-6-12/h2-6,11,13H,7-10,14-15H2,1H3. The maximum atomic E-state index is 5.78. The van der Waals surface area contributed by atoms with Gasteiger partial charge in [0.05, 0.1) is 6.61 Å². The smallest absolute Gasteiger partial charge is 0.0717 e. The molecule has 1 rings (SSSR count). The average Bonchev–Trinajstić information content (AvgIpc) is 2.30. The minimum Gasteiger partial charge on any atom is -0.376 e. The van der Waals surface area contributed by atoms with E-state index in [-0.39, 0.29) is 6.04 Å². The highest BCUT2D eigenvalue weighted by Gasteiger charge is 2.07. The maximum Gasteiger partial charge on any atom is 0.0717 e. The van der Waals surface area contributed by atoms with E-state index in [1.54, 1.807) is 0 Å². The van der Waals surface area contributed by atoms with Crippen LogP contribution in [-0.4, -0.2) is 19.2 Å². The molecule has 1 aromatic carbocycles. The first-order valence-electron chi connectivity index (χ1n) is 5.79. The maximum absolute atomic E-state index is 5.78. The van der Waals surface area contributed by atoms with Crippen LogP contribution in [0.25, 0.3) is 0 Å². The second kappa shape index (κ2) is 7.39. The van der Waals surface area contributed by atoms with Gasteiger partial charge in [0.15, 0.2) is 0 Å². The molecule has 90 valence electrons. The van der Waals surface area contributed by atoms with Crippen molar-refractivity contribution in [3.8, 4) is 0 Å². The Morgan fingerprint density at radius 3 is 2.56 bits per heavy atom. The third kappa shape index (κ3) is 5.26. The summed E-state index contributed by atoms with van der Waals surface area (Å²) in [5, 5.41) is 0. The molecule has 1 aromatic rings. The van der Waals surface area contributed by atoms with Gasteiger partial charge in [0.1, 0.15) is 0 Å². The van der Waals surface area contributed by atoms with Crippen LogP contribution in [0.2, 0.25) is 0 Å². The molecule has 2 unspecified atom stereocenters. The first-order chi connectivity index (χ1) is 7.72. The van der Waals surface area contributed by atoms with E-state index in [9.17, 15) is 0 Å². The van der Waals surface area contributed by atoms with Crippen molar-refractivity contribution in [1.29, 1.82) is 0 Å². The molecule has 4 N–H and O–H groups in total. The van der Waals surface area contributed by atoms with Gasteiger partial charge < -0.3 is 16.2 Å². The van der Waals surface area contributed by atoms with Crippen LogP contribution in [0.3, 0.4) is 0 Å². The molecule has 0 fully saturated rings. The molecule has 0 radical (unpaired) electrons. The Balaban J connectivity index is 2.15. The van der Waals surface area contributed by atoms with Gasteiger partial charge in [-0.25, -0.2) is 0 Å². The van der Waals surface area contributed by atoms with E-state index >= 15 is 0 Å². The van der Waals surface area contributed by atoms with Crippen molar-refractivity contribution in [2.24, 2.45) is 17.4 Å². The summed E-state index contributed by atoms with van der Waals surface area (Å²) in [6, 6.07) is 10.3. The quantitative estimate of drug-likeness (QED) is 0.735. The Kier molecular flexibility index (Phi) is 6.08. The molecule has 3 heteroatoms. The van der Waals surface area contributed by atoms with Gasteiger partial charge in [0.2, 0.25) is 0 Å². The van der Waals surface area contributed by atoms with E-state index in [2.05, 4.69) is 19.1 Å². The summed E-state index contributed by atoms with van der Waals surface area (Å²) in [5.41, 5.74) is 12.5. The van der Waals surface area contributed by atoms with Crippen LogP contribution < -0.4 is 11.5 Å². The minimum atomic E-state index is 0.0929. The van der Waals surface area contributed by atoms with Gasteiger partial charge in [0, 0.05) is 19.2 Å². The Labute approximate surface area is 97.8 Å². The molecular weight excluding hydrogens is 200 g/mol. The zero-order chi connectivity index (χ0) is 11.8. The highest BCUT2D eigenvalue weighted by molar-refractivity contribution is 5.13. The fourth-order valence-corrected chi connectivity index (χ4v) is 1.63. The molecule has 0 heterocycles. The summed E-state index contributed by atoms with van der Waals surface area (Å²) in [4.78, 5) is 0. The molecule has 0 amide bonds. The van der Waals surface area contributed by atoms with E-state index in [0.717, 1.165) is 13.0 Å². The van der Waals surface area contributed by atoms with Crippen LogP contribution >= 0.6 is 0 Å². The lowest BCUT2D eigenvalue weighted by Crippen LogP contribution is -2.32. The van der Waals surface area contributed by atoms with E-state index < -0.39 is 0 Å². The molecule has 16 heavy (non-hydrogen) atoms. The van der Waals surface area contributed by atoms with Crippen molar-refractivity contribution in [2.45, 2.75) is 26.0 Å². The molecule has 0 saturated carbocycles. The topological polar surface area (TPSA) is 61.3 Å². The first-order valence-corrected chi connectivity index (χ1v) is 5.79. The highest BCUT2D eigenvalue weighted by Crippen LogP contribution is 2.07. The Hall–Kier alpha value is -0.900. The van der Waals surface area contributed by atoms with E-state index in [1.807, 2.05) is 18.2 Å². The van der Waals surface area contributed by atoms with Crippen LogP contribution in [0.1, 0.15) is 18.9 Å². The van der Waals surface area contributed by atoms with Crippen molar-refractivity contribution in [1.82, 2.24) is 0 Å². The second-order valence-electron chi connectivity index (χ2n) is 4.34. The lowest BCUT2D eigenvalue weighted by atomic mass is 10.0. The average molecular weight is 222 g/mol. The summed E-state index contributed by atoms with van der Waals surface area (Å²) in [6.45, 7) is 4.09. The SMILES string of the molecule is CC(COCc1ccccc1)CC(N)CN. The predicted octanol–water partition coefficient (Wildman–Crippen LogP) is 1.52. The number of hydrogen-bond donors (Lipinski definition) is 2. The molecule has 0 aliphatic heterocycles. The Morgan fingerprint density at radius 2 is 1.94 bits per heavy atom. The number of benzene rings is 1. The third-order valence-corrected chi connectivity index (χ3v) is 2.52. The number of hydrogen-bond acceptors (Lipinski definition) is 3. The van der Waals surface area contributed by atoms with Crippen LogP contribution in [-0.2, 0) is 11.3 Å². The van der Waals surface area contributed by atoms with E-state index in [1.165, 1.54) is 5.56 Å². The van der Waals surface area contributed by atoms with Gasteiger partial charge in [-0.1, -0.05) is 37.3 Å². The zero-order valence-corrected chi connectivity index (χ0v) is 9.93. The predicted molar refractivity (Wildman–Crippen MR) is 66.9 cm³/mol. The summed E-state index contributed by atoms with van der Waals surface area (Å²) >= 11 is 0. The summed E-state index contributed by atoms with van der Waals surface area (Å²) < 4.78 is 5.63. The van der Waals surface area contributed by atoms with Crippen LogP contribution in [0.5, 0.6) is 0 Å². The molecule has 3 nitrogen and oxygen atoms in total. The van der Waals surface area contributed by atoms with Gasteiger partial charge in [-0.05, 0) is 17.9 Å². The molecule has 0 bridgehead atoms. The highest BCUT2D eigenvalue weighted by atomic mass is 16.5. The van der Waals surface area contributed by atoms with Crippen molar-refractivity contribution in [2.75, 3.05) is 13.2 Å². The summed E-state index contributed by atoms with van der Waals surface area (Å²) in [7, 11) is 0. The van der Waals surface area contributed by atoms with Gasteiger partial charge in [-0.15, -0.1) is 0 Å². The monoisotopic (exact) mass is 222 g/mol. The normalized spacial score (nSPS) is 14.7. The first kappa shape index (κ1) is 13.2. The second-order valence-corrected chi connectivity index (χ2v) is 4.34. The summed E-state index contributed by atoms with van der Waals surface area (Å²) in [5.74, 6) is 0.460. The molecule has 2 atom stereocenters. The Morgan fingerprint density at radius 1 is 1.25 bits per heavy atom. The van der Waals surface area contributed by atoms with Gasteiger partial charge in [-0.2, -0.15) is 0 Å². The largest absolute Gasteiger partial charge is 0.376 e. The number of nitrogens with two attached hydrogens (primary N) is 2. The van der Waals surface area contributed by atoms with Crippen LogP contribution in [0, 0.1) is 5.92 Å². The zero-order valence-electron chi connectivity index (χ0n) is 9.93. The van der Waals surface area contributed by atoms with E-state index in [0.29, 0.717) is 19.1 Å². The van der Waals surface area contributed by atoms with Crippen molar-refractivity contribution < 1.29 is 4.74 Å². The van der Waals surface area contributed by atoms with E-state index in [4.69, 9.17) is 16.2 Å².